The number of carboxylic acids is 1. The third-order valence-electron chi connectivity index (χ3n) is 3.81. The molecule has 1 aromatic rings. The Morgan fingerprint density at radius 2 is 2.16 bits per heavy atom. The Kier molecular flexibility index (Phi) is 4.56. The first-order valence-corrected chi connectivity index (χ1v) is 6.67. The molecule has 0 amide bonds. The lowest BCUT2D eigenvalue weighted by atomic mass is 10.00. The molecule has 1 saturated heterocycles. The summed E-state index contributed by atoms with van der Waals surface area (Å²) >= 11 is 0. The lowest BCUT2D eigenvalue weighted by Gasteiger charge is -2.23. The van der Waals surface area contributed by atoms with Crippen molar-refractivity contribution in [3.05, 3.63) is 35.4 Å². The molecule has 0 spiro atoms. The van der Waals surface area contributed by atoms with Gasteiger partial charge in [-0.15, -0.1) is 0 Å². The lowest BCUT2D eigenvalue weighted by molar-refractivity contribution is -0.138. The summed E-state index contributed by atoms with van der Waals surface area (Å²) < 4.78 is 5.39. The van der Waals surface area contributed by atoms with Crippen LogP contribution in [0.4, 0.5) is 0 Å². The Hall–Kier alpha value is -1.39. The van der Waals surface area contributed by atoms with Gasteiger partial charge in [0.1, 0.15) is 0 Å². The van der Waals surface area contributed by atoms with Crippen molar-refractivity contribution in [1.29, 1.82) is 0 Å². The predicted molar refractivity (Wildman–Crippen MR) is 73.2 cm³/mol. The molecule has 19 heavy (non-hydrogen) atoms. The number of hydrogen-bond donors (Lipinski definition) is 1. The molecule has 0 saturated carbocycles. The Labute approximate surface area is 114 Å². The zero-order valence-electron chi connectivity index (χ0n) is 11.5. The summed E-state index contributed by atoms with van der Waals surface area (Å²) in [5, 5.41) is 8.97. The van der Waals surface area contributed by atoms with Crippen LogP contribution in [0.3, 0.4) is 0 Å². The van der Waals surface area contributed by atoms with Gasteiger partial charge in [0.2, 0.25) is 0 Å². The Balaban J connectivity index is 1.96. The first-order valence-electron chi connectivity index (χ1n) is 6.67. The van der Waals surface area contributed by atoms with Crippen LogP contribution in [0.1, 0.15) is 30.4 Å². The highest BCUT2D eigenvalue weighted by molar-refractivity contribution is 5.75. The van der Waals surface area contributed by atoms with Gasteiger partial charge in [-0.25, -0.2) is 0 Å². The first kappa shape index (κ1) is 14.0. The maximum Gasteiger partial charge on any atom is 0.310 e. The van der Waals surface area contributed by atoms with E-state index in [1.54, 1.807) is 6.92 Å². The van der Waals surface area contributed by atoms with Crippen LogP contribution in [0.25, 0.3) is 0 Å². The van der Waals surface area contributed by atoms with Crippen molar-refractivity contribution in [2.75, 3.05) is 20.3 Å². The lowest BCUT2D eigenvalue weighted by Crippen LogP contribution is -2.31. The molecule has 1 N–H and O–H groups in total. The van der Waals surface area contributed by atoms with Crippen molar-refractivity contribution in [1.82, 2.24) is 4.90 Å². The van der Waals surface area contributed by atoms with Crippen molar-refractivity contribution in [2.45, 2.75) is 31.8 Å². The summed E-state index contributed by atoms with van der Waals surface area (Å²) in [7, 11) is 2.10. The Morgan fingerprint density at radius 3 is 2.68 bits per heavy atom. The smallest absolute Gasteiger partial charge is 0.310 e. The van der Waals surface area contributed by atoms with E-state index >= 15 is 0 Å². The van der Waals surface area contributed by atoms with Gasteiger partial charge in [0.25, 0.3) is 0 Å². The standard InChI is InChI=1S/C15H21NO3/c1-11(15(17)18)13-5-3-12(4-6-13)9-16(2)14-7-8-19-10-14/h3-6,11,14H,7-10H2,1-2H3,(H,17,18). The number of carbonyl (C=O) groups is 1. The van der Waals surface area contributed by atoms with Crippen molar-refractivity contribution < 1.29 is 14.6 Å². The van der Waals surface area contributed by atoms with Crippen LogP contribution in [0.5, 0.6) is 0 Å². The van der Waals surface area contributed by atoms with E-state index in [9.17, 15) is 4.79 Å². The summed E-state index contributed by atoms with van der Waals surface area (Å²) in [5.41, 5.74) is 2.05. The van der Waals surface area contributed by atoms with Gasteiger partial charge < -0.3 is 9.84 Å². The minimum atomic E-state index is -0.784. The molecule has 1 heterocycles. The predicted octanol–water partition coefficient (Wildman–Crippen LogP) is 2.10. The summed E-state index contributed by atoms with van der Waals surface area (Å²) in [6.07, 6.45) is 1.09. The number of hydrogen-bond acceptors (Lipinski definition) is 3. The van der Waals surface area contributed by atoms with Crippen LogP contribution in [0.2, 0.25) is 0 Å². The molecule has 2 rings (SSSR count). The zero-order valence-corrected chi connectivity index (χ0v) is 11.5. The molecular weight excluding hydrogens is 242 g/mol. The molecule has 2 atom stereocenters. The highest BCUT2D eigenvalue weighted by Crippen LogP contribution is 2.18. The number of ether oxygens (including phenoxy) is 1. The molecule has 1 aliphatic heterocycles. The number of benzene rings is 1. The summed E-state index contributed by atoms with van der Waals surface area (Å²) in [6.45, 7) is 4.24. The minimum absolute atomic E-state index is 0.449. The maximum atomic E-state index is 10.9. The first-order chi connectivity index (χ1) is 9.08. The van der Waals surface area contributed by atoms with Crippen molar-refractivity contribution >= 4 is 5.97 Å². The number of aliphatic carboxylic acids is 1. The van der Waals surface area contributed by atoms with E-state index in [1.165, 1.54) is 5.56 Å². The molecule has 0 aromatic heterocycles. The van der Waals surface area contributed by atoms with Gasteiger partial charge >= 0.3 is 5.97 Å². The number of rotatable bonds is 5. The minimum Gasteiger partial charge on any atom is -0.481 e. The normalized spacial score (nSPS) is 20.7. The highest BCUT2D eigenvalue weighted by atomic mass is 16.5. The molecule has 2 unspecified atom stereocenters. The monoisotopic (exact) mass is 263 g/mol. The Morgan fingerprint density at radius 1 is 1.47 bits per heavy atom. The van der Waals surface area contributed by atoms with E-state index in [0.717, 1.165) is 31.7 Å². The van der Waals surface area contributed by atoms with E-state index in [4.69, 9.17) is 9.84 Å². The van der Waals surface area contributed by atoms with E-state index in [0.29, 0.717) is 6.04 Å². The van der Waals surface area contributed by atoms with E-state index < -0.39 is 11.9 Å². The molecule has 4 nitrogen and oxygen atoms in total. The second-order valence-corrected chi connectivity index (χ2v) is 5.23. The SMILES string of the molecule is CC(C(=O)O)c1ccc(CN(C)C2CCOC2)cc1. The van der Waals surface area contributed by atoms with Gasteiger partial charge in [-0.2, -0.15) is 0 Å². The molecule has 1 aromatic carbocycles. The van der Waals surface area contributed by atoms with Crippen LogP contribution in [0, 0.1) is 0 Å². The third kappa shape index (κ3) is 3.55. The third-order valence-corrected chi connectivity index (χ3v) is 3.81. The fraction of sp³-hybridized carbons (Fsp3) is 0.533. The topological polar surface area (TPSA) is 49.8 Å². The van der Waals surface area contributed by atoms with E-state index in [-0.39, 0.29) is 0 Å². The number of likely N-dealkylation sites (N-methyl/N-ethyl adjacent to an activating group) is 1. The summed E-state index contributed by atoms with van der Waals surface area (Å²) in [6, 6.07) is 8.35. The fourth-order valence-electron chi connectivity index (χ4n) is 2.34. The van der Waals surface area contributed by atoms with Crippen LogP contribution in [-0.2, 0) is 16.1 Å². The fourth-order valence-corrected chi connectivity index (χ4v) is 2.34. The van der Waals surface area contributed by atoms with Gasteiger partial charge in [0, 0.05) is 19.2 Å². The van der Waals surface area contributed by atoms with Crippen LogP contribution in [0.15, 0.2) is 24.3 Å². The van der Waals surface area contributed by atoms with Crippen LogP contribution in [-0.4, -0.2) is 42.3 Å². The van der Waals surface area contributed by atoms with Crippen LogP contribution < -0.4 is 0 Å². The van der Waals surface area contributed by atoms with Crippen molar-refractivity contribution in [3.63, 3.8) is 0 Å². The second-order valence-electron chi connectivity index (χ2n) is 5.23. The van der Waals surface area contributed by atoms with E-state index in [1.807, 2.05) is 24.3 Å². The van der Waals surface area contributed by atoms with Gasteiger partial charge in [0.05, 0.1) is 12.5 Å². The molecule has 0 aliphatic carbocycles. The number of nitrogens with zero attached hydrogens (tertiary/aromatic N) is 1. The van der Waals surface area contributed by atoms with Gasteiger partial charge in [0.15, 0.2) is 0 Å². The van der Waals surface area contributed by atoms with Gasteiger partial charge in [-0.05, 0) is 31.5 Å². The van der Waals surface area contributed by atoms with Gasteiger partial charge in [-0.3, -0.25) is 9.69 Å². The molecule has 4 heteroatoms. The maximum absolute atomic E-state index is 10.9. The molecule has 104 valence electrons. The quantitative estimate of drug-likeness (QED) is 0.884. The molecular formula is C15H21NO3. The van der Waals surface area contributed by atoms with Crippen molar-refractivity contribution in [2.24, 2.45) is 0 Å². The molecule has 1 aliphatic rings. The van der Waals surface area contributed by atoms with Crippen LogP contribution >= 0.6 is 0 Å². The van der Waals surface area contributed by atoms with E-state index in [2.05, 4.69) is 11.9 Å². The molecule has 0 radical (unpaired) electrons. The molecule has 1 fully saturated rings. The average Bonchev–Trinajstić information content (AvgIpc) is 2.92. The highest BCUT2D eigenvalue weighted by Gasteiger charge is 2.20. The average molecular weight is 263 g/mol. The summed E-state index contributed by atoms with van der Waals surface area (Å²) in [5.74, 6) is -1.23. The number of carboxylic acid groups (broad SMARTS) is 1. The summed E-state index contributed by atoms with van der Waals surface area (Å²) in [4.78, 5) is 13.2. The Bertz CT molecular complexity index is 424. The second kappa shape index (κ2) is 6.17. The zero-order chi connectivity index (χ0) is 13.8. The van der Waals surface area contributed by atoms with Crippen molar-refractivity contribution in [3.8, 4) is 0 Å². The molecule has 0 bridgehead atoms. The van der Waals surface area contributed by atoms with Gasteiger partial charge in [-0.1, -0.05) is 24.3 Å². The largest absolute Gasteiger partial charge is 0.481 e.